The first-order chi connectivity index (χ1) is 6.90. The summed E-state index contributed by atoms with van der Waals surface area (Å²) < 4.78 is 1.73. The minimum absolute atomic E-state index is 0.900. The van der Waals surface area contributed by atoms with Crippen LogP contribution < -0.4 is 0 Å². The topological polar surface area (TPSA) is 30.7 Å². The van der Waals surface area contributed by atoms with E-state index in [1.807, 2.05) is 24.4 Å². The van der Waals surface area contributed by atoms with Crippen molar-refractivity contribution in [2.45, 2.75) is 6.42 Å². The maximum Gasteiger partial charge on any atom is 0.0697 e. The Labute approximate surface area is 82.7 Å². The molecule has 0 aliphatic rings. The summed E-state index contributed by atoms with van der Waals surface area (Å²) in [6.07, 6.45) is 6.28. The summed E-state index contributed by atoms with van der Waals surface area (Å²) in [5.74, 6) is 0. The summed E-state index contributed by atoms with van der Waals surface area (Å²) in [4.78, 5) is 0. The van der Waals surface area contributed by atoms with E-state index >= 15 is 0 Å². The van der Waals surface area contributed by atoms with Crippen molar-refractivity contribution >= 4 is 0 Å². The Morgan fingerprint density at radius 1 is 1.29 bits per heavy atom. The van der Waals surface area contributed by atoms with Crippen LogP contribution >= 0.6 is 0 Å². The van der Waals surface area contributed by atoms with Gasteiger partial charge in [0, 0.05) is 0 Å². The van der Waals surface area contributed by atoms with Gasteiger partial charge in [-0.05, 0) is 24.1 Å². The molecule has 2 aromatic rings. The second-order valence-electron chi connectivity index (χ2n) is 3.01. The van der Waals surface area contributed by atoms with Crippen LogP contribution in [0.3, 0.4) is 0 Å². The van der Waals surface area contributed by atoms with Crippen LogP contribution in [-0.4, -0.2) is 15.0 Å². The molecule has 2 rings (SSSR count). The number of allylic oxidation sites excluding steroid dienone is 1. The average molecular weight is 185 g/mol. The Balaban J connectivity index is 2.26. The van der Waals surface area contributed by atoms with Crippen LogP contribution in [0, 0.1) is 0 Å². The number of nitrogens with zero attached hydrogens (tertiary/aromatic N) is 3. The first kappa shape index (κ1) is 8.69. The average Bonchev–Trinajstić information content (AvgIpc) is 2.72. The van der Waals surface area contributed by atoms with Crippen LogP contribution in [0.1, 0.15) is 5.56 Å². The maximum atomic E-state index is 3.91. The van der Waals surface area contributed by atoms with E-state index in [1.165, 1.54) is 5.56 Å². The molecule has 0 saturated heterocycles. The lowest BCUT2D eigenvalue weighted by molar-refractivity contribution is 0.803. The summed E-state index contributed by atoms with van der Waals surface area (Å²) in [6, 6.07) is 8.18. The molecule has 1 aromatic heterocycles. The van der Waals surface area contributed by atoms with E-state index in [-0.39, 0.29) is 0 Å². The quantitative estimate of drug-likeness (QED) is 0.685. The van der Waals surface area contributed by atoms with Crippen molar-refractivity contribution in [2.24, 2.45) is 0 Å². The number of benzene rings is 1. The number of hydrogen-bond donors (Lipinski definition) is 0. The third-order valence-corrected chi connectivity index (χ3v) is 2.00. The van der Waals surface area contributed by atoms with Gasteiger partial charge in [-0.25, -0.2) is 4.68 Å². The van der Waals surface area contributed by atoms with Gasteiger partial charge < -0.3 is 0 Å². The smallest absolute Gasteiger partial charge is 0.0697 e. The molecule has 3 heteroatoms. The molecule has 0 aliphatic heterocycles. The molecule has 0 atom stereocenters. The lowest BCUT2D eigenvalue weighted by atomic mass is 10.1. The van der Waals surface area contributed by atoms with E-state index < -0.39 is 0 Å². The molecule has 0 bridgehead atoms. The number of aromatic nitrogens is 3. The first-order valence-electron chi connectivity index (χ1n) is 4.46. The van der Waals surface area contributed by atoms with Crippen molar-refractivity contribution in [3.63, 3.8) is 0 Å². The highest BCUT2D eigenvalue weighted by molar-refractivity contribution is 5.33. The van der Waals surface area contributed by atoms with Crippen LogP contribution in [0.25, 0.3) is 5.69 Å². The molecule has 0 aliphatic carbocycles. The van der Waals surface area contributed by atoms with Gasteiger partial charge in [0.25, 0.3) is 0 Å². The fourth-order valence-electron chi connectivity index (χ4n) is 1.30. The van der Waals surface area contributed by atoms with Crippen molar-refractivity contribution in [2.75, 3.05) is 0 Å². The standard InChI is InChI=1S/C11H11N3/c1-2-3-10-4-6-11(7-5-10)14-9-8-12-13-14/h2,4-9H,1,3H2. The predicted octanol–water partition coefficient (Wildman–Crippen LogP) is 2.00. The van der Waals surface area contributed by atoms with Crippen molar-refractivity contribution < 1.29 is 0 Å². The summed E-state index contributed by atoms with van der Waals surface area (Å²) in [5, 5.41) is 7.66. The molecular weight excluding hydrogens is 174 g/mol. The lowest BCUT2D eigenvalue weighted by Gasteiger charge is -2.01. The van der Waals surface area contributed by atoms with Gasteiger partial charge in [-0.1, -0.05) is 23.4 Å². The molecule has 0 amide bonds. The Kier molecular flexibility index (Phi) is 2.40. The zero-order valence-electron chi connectivity index (χ0n) is 7.80. The molecule has 3 nitrogen and oxygen atoms in total. The van der Waals surface area contributed by atoms with E-state index in [0.717, 1.165) is 12.1 Å². The van der Waals surface area contributed by atoms with E-state index in [9.17, 15) is 0 Å². The van der Waals surface area contributed by atoms with Gasteiger partial charge in [-0.2, -0.15) is 0 Å². The Morgan fingerprint density at radius 2 is 2.07 bits per heavy atom. The molecule has 0 radical (unpaired) electrons. The highest BCUT2D eigenvalue weighted by atomic mass is 15.4. The molecular formula is C11H11N3. The number of rotatable bonds is 3. The predicted molar refractivity (Wildman–Crippen MR) is 55.3 cm³/mol. The van der Waals surface area contributed by atoms with E-state index in [0.29, 0.717) is 0 Å². The van der Waals surface area contributed by atoms with Gasteiger partial charge in [0.1, 0.15) is 0 Å². The maximum absolute atomic E-state index is 3.91. The van der Waals surface area contributed by atoms with E-state index in [4.69, 9.17) is 0 Å². The minimum atomic E-state index is 0.900. The fraction of sp³-hybridized carbons (Fsp3) is 0.0909. The minimum Gasteiger partial charge on any atom is -0.221 e. The third kappa shape index (κ3) is 1.71. The number of hydrogen-bond acceptors (Lipinski definition) is 2. The first-order valence-corrected chi connectivity index (χ1v) is 4.46. The molecule has 0 fully saturated rings. The Hall–Kier alpha value is -1.90. The van der Waals surface area contributed by atoms with Crippen molar-refractivity contribution in [3.8, 4) is 5.69 Å². The van der Waals surface area contributed by atoms with Crippen molar-refractivity contribution in [1.29, 1.82) is 0 Å². The van der Waals surface area contributed by atoms with Crippen molar-refractivity contribution in [3.05, 3.63) is 54.9 Å². The van der Waals surface area contributed by atoms with Crippen molar-refractivity contribution in [1.82, 2.24) is 15.0 Å². The summed E-state index contributed by atoms with van der Waals surface area (Å²) >= 11 is 0. The van der Waals surface area contributed by atoms with E-state index in [1.54, 1.807) is 10.9 Å². The molecule has 1 aromatic carbocycles. The summed E-state index contributed by atoms with van der Waals surface area (Å²) in [6.45, 7) is 3.70. The van der Waals surface area contributed by atoms with Gasteiger partial charge in [-0.3, -0.25) is 0 Å². The SMILES string of the molecule is C=CCc1ccc(-n2ccnn2)cc1. The molecule has 0 saturated carbocycles. The van der Waals surface area contributed by atoms with E-state index in [2.05, 4.69) is 29.0 Å². The third-order valence-electron chi connectivity index (χ3n) is 2.00. The van der Waals surface area contributed by atoms with Crippen LogP contribution in [0.2, 0.25) is 0 Å². The highest BCUT2D eigenvalue weighted by Crippen LogP contribution is 2.08. The lowest BCUT2D eigenvalue weighted by Crippen LogP contribution is -1.94. The van der Waals surface area contributed by atoms with Crippen LogP contribution in [0.4, 0.5) is 0 Å². The molecule has 70 valence electrons. The largest absolute Gasteiger partial charge is 0.221 e. The molecule has 14 heavy (non-hydrogen) atoms. The molecule has 1 heterocycles. The van der Waals surface area contributed by atoms with Gasteiger partial charge in [0.2, 0.25) is 0 Å². The Morgan fingerprint density at radius 3 is 2.64 bits per heavy atom. The zero-order valence-corrected chi connectivity index (χ0v) is 7.80. The van der Waals surface area contributed by atoms with Gasteiger partial charge in [-0.15, -0.1) is 11.7 Å². The van der Waals surface area contributed by atoms with Gasteiger partial charge in [0.15, 0.2) is 0 Å². The van der Waals surface area contributed by atoms with Crippen LogP contribution in [0.5, 0.6) is 0 Å². The fourth-order valence-corrected chi connectivity index (χ4v) is 1.30. The Bertz CT molecular complexity index is 401. The molecule has 0 N–H and O–H groups in total. The van der Waals surface area contributed by atoms with Crippen LogP contribution in [-0.2, 0) is 6.42 Å². The molecule has 0 spiro atoms. The second-order valence-corrected chi connectivity index (χ2v) is 3.01. The monoisotopic (exact) mass is 185 g/mol. The van der Waals surface area contributed by atoms with Gasteiger partial charge in [0.05, 0.1) is 18.1 Å². The molecule has 0 unspecified atom stereocenters. The summed E-state index contributed by atoms with van der Waals surface area (Å²) in [5.41, 5.74) is 2.28. The zero-order chi connectivity index (χ0) is 9.80. The second kappa shape index (κ2) is 3.87. The summed E-state index contributed by atoms with van der Waals surface area (Å²) in [7, 11) is 0. The van der Waals surface area contributed by atoms with Crippen LogP contribution in [0.15, 0.2) is 49.3 Å². The highest BCUT2D eigenvalue weighted by Gasteiger charge is 1.95. The van der Waals surface area contributed by atoms with Gasteiger partial charge >= 0.3 is 0 Å². The normalized spacial score (nSPS) is 10.0.